The maximum atomic E-state index is 5.98. The lowest BCUT2D eigenvalue weighted by Crippen LogP contribution is -2.24. The van der Waals surface area contributed by atoms with Gasteiger partial charge >= 0.3 is 0 Å². The number of hydrogen-bond acceptors (Lipinski definition) is 0. The molecule has 0 aliphatic heterocycles. The third-order valence-corrected chi connectivity index (χ3v) is 4.76. The average molecular weight is 216 g/mol. The molecule has 2 aliphatic rings. The third kappa shape index (κ3) is 3.15. The summed E-state index contributed by atoms with van der Waals surface area (Å²) in [6.45, 7) is 2.15. The number of rotatable bonds is 2. The summed E-state index contributed by atoms with van der Waals surface area (Å²) >= 11 is 0. The molecule has 0 N–H and O–H groups in total. The minimum atomic E-state index is 0.510. The summed E-state index contributed by atoms with van der Waals surface area (Å²) < 4.78 is 0. The number of allylic oxidation sites excluding steroid dienone is 2. The molecule has 2 aliphatic carbocycles. The van der Waals surface area contributed by atoms with Gasteiger partial charge in [0.1, 0.15) is 0 Å². The van der Waals surface area contributed by atoms with Crippen molar-refractivity contribution in [3.05, 3.63) is 12.2 Å². The molecule has 0 amide bonds. The summed E-state index contributed by atoms with van der Waals surface area (Å²) in [4.78, 5) is 0. The lowest BCUT2D eigenvalue weighted by Gasteiger charge is -2.36. The van der Waals surface area contributed by atoms with Gasteiger partial charge in [-0.25, -0.2) is 0 Å². The van der Waals surface area contributed by atoms with Crippen molar-refractivity contribution in [2.24, 2.45) is 17.8 Å². The van der Waals surface area contributed by atoms with E-state index in [-0.39, 0.29) is 0 Å². The van der Waals surface area contributed by atoms with Crippen molar-refractivity contribution in [2.45, 2.75) is 64.1 Å². The van der Waals surface area contributed by atoms with Gasteiger partial charge in [-0.15, -0.1) is 0 Å². The molecule has 0 unspecified atom stereocenters. The van der Waals surface area contributed by atoms with Gasteiger partial charge in [0.2, 0.25) is 0 Å². The van der Waals surface area contributed by atoms with Crippen LogP contribution in [0.1, 0.15) is 58.3 Å². The molecule has 0 aromatic rings. The van der Waals surface area contributed by atoms with Crippen LogP contribution >= 0.6 is 0 Å². The Kier molecular flexibility index (Phi) is 4.55. The van der Waals surface area contributed by atoms with Gasteiger partial charge in [0.15, 0.2) is 0 Å². The van der Waals surface area contributed by atoms with Crippen LogP contribution in [0.4, 0.5) is 0 Å². The normalized spacial score (nSPS) is 41.3. The van der Waals surface area contributed by atoms with Crippen molar-refractivity contribution >= 4 is 7.85 Å². The van der Waals surface area contributed by atoms with Crippen LogP contribution in [0.25, 0.3) is 0 Å². The first-order valence-corrected chi connectivity index (χ1v) is 7.18. The topological polar surface area (TPSA) is 0 Å². The first-order valence-electron chi connectivity index (χ1n) is 7.18. The molecular weight excluding hydrogens is 191 g/mol. The third-order valence-electron chi connectivity index (χ3n) is 4.76. The van der Waals surface area contributed by atoms with Crippen molar-refractivity contribution in [1.82, 2.24) is 0 Å². The van der Waals surface area contributed by atoms with Gasteiger partial charge in [0.05, 0.1) is 7.85 Å². The van der Waals surface area contributed by atoms with E-state index in [2.05, 4.69) is 19.1 Å². The first kappa shape index (κ1) is 12.3. The maximum absolute atomic E-state index is 5.98. The molecule has 0 spiro atoms. The smallest absolute Gasteiger partial charge is 0.0699 e. The molecule has 0 aromatic carbocycles. The van der Waals surface area contributed by atoms with E-state index in [4.69, 9.17) is 7.85 Å². The Morgan fingerprint density at radius 3 is 1.81 bits per heavy atom. The molecule has 2 saturated carbocycles. The van der Waals surface area contributed by atoms with Gasteiger partial charge in [0.25, 0.3) is 0 Å². The van der Waals surface area contributed by atoms with Crippen molar-refractivity contribution in [3.63, 3.8) is 0 Å². The number of hydrogen-bond donors (Lipinski definition) is 0. The largest absolute Gasteiger partial charge is 0.0914 e. The predicted molar refractivity (Wildman–Crippen MR) is 71.7 cm³/mol. The van der Waals surface area contributed by atoms with Gasteiger partial charge in [0, 0.05) is 0 Å². The highest BCUT2D eigenvalue weighted by atomic mass is 14.3. The van der Waals surface area contributed by atoms with E-state index >= 15 is 0 Å². The molecule has 2 fully saturated rings. The van der Waals surface area contributed by atoms with Gasteiger partial charge in [-0.1, -0.05) is 43.7 Å². The Balaban J connectivity index is 1.76. The molecule has 2 rings (SSSR count). The van der Waals surface area contributed by atoms with Crippen LogP contribution in [-0.4, -0.2) is 7.85 Å². The van der Waals surface area contributed by atoms with E-state index in [1.807, 2.05) is 0 Å². The van der Waals surface area contributed by atoms with Crippen LogP contribution in [0.2, 0.25) is 5.82 Å². The Bertz CT molecular complexity index is 218. The molecule has 0 nitrogen and oxygen atoms in total. The summed E-state index contributed by atoms with van der Waals surface area (Å²) in [7, 11) is 5.98. The second kappa shape index (κ2) is 5.93. The second-order valence-corrected chi connectivity index (χ2v) is 5.88. The van der Waals surface area contributed by atoms with E-state index < -0.39 is 0 Å². The van der Waals surface area contributed by atoms with E-state index in [9.17, 15) is 0 Å². The molecule has 0 heterocycles. The van der Waals surface area contributed by atoms with E-state index in [1.165, 1.54) is 51.4 Å². The highest BCUT2D eigenvalue weighted by Gasteiger charge is 2.28. The molecule has 1 heteroatoms. The summed E-state index contributed by atoms with van der Waals surface area (Å²) in [5.41, 5.74) is 0. The van der Waals surface area contributed by atoms with E-state index in [0.29, 0.717) is 5.82 Å². The Hall–Kier alpha value is -0.195. The highest BCUT2D eigenvalue weighted by molar-refractivity contribution is 6.11. The molecule has 2 radical (unpaired) electrons. The maximum Gasteiger partial charge on any atom is 0.0699 e. The summed E-state index contributed by atoms with van der Waals surface area (Å²) in [6, 6.07) is 0. The second-order valence-electron chi connectivity index (χ2n) is 5.88. The molecule has 0 aromatic heterocycles. The van der Waals surface area contributed by atoms with Crippen LogP contribution < -0.4 is 0 Å². The van der Waals surface area contributed by atoms with Gasteiger partial charge in [-0.3, -0.25) is 0 Å². The monoisotopic (exact) mass is 216 g/mol. The SMILES string of the molecule is [B]C1CCC(C2CCC(/C=C/C)CC2)CC1. The zero-order valence-corrected chi connectivity index (χ0v) is 10.7. The predicted octanol–water partition coefficient (Wildman–Crippen LogP) is 4.52. The summed E-state index contributed by atoms with van der Waals surface area (Å²) in [6.07, 6.45) is 15.8. The zero-order chi connectivity index (χ0) is 11.4. The molecule has 88 valence electrons. The summed E-state index contributed by atoms with van der Waals surface area (Å²) in [5, 5.41) is 0. The fraction of sp³-hybridized carbons (Fsp3) is 0.867. The standard InChI is InChI=1S/C15H25B/c1-2-3-12-4-6-13(7-5-12)14-8-10-15(16)11-9-14/h2-3,12-15H,4-11H2,1H3/b3-2+. The van der Waals surface area contributed by atoms with Crippen molar-refractivity contribution < 1.29 is 0 Å². The van der Waals surface area contributed by atoms with Gasteiger partial charge in [-0.05, 0) is 50.4 Å². The first-order chi connectivity index (χ1) is 7.79. The van der Waals surface area contributed by atoms with E-state index in [0.717, 1.165) is 17.8 Å². The molecule has 0 saturated heterocycles. The molecule has 0 bridgehead atoms. The lowest BCUT2D eigenvalue weighted by molar-refractivity contribution is 0.180. The van der Waals surface area contributed by atoms with Crippen molar-refractivity contribution in [1.29, 1.82) is 0 Å². The minimum Gasteiger partial charge on any atom is -0.0914 e. The van der Waals surface area contributed by atoms with Crippen molar-refractivity contribution in [3.8, 4) is 0 Å². The van der Waals surface area contributed by atoms with Gasteiger partial charge < -0.3 is 0 Å². The fourth-order valence-corrected chi connectivity index (χ4v) is 3.70. The van der Waals surface area contributed by atoms with Gasteiger partial charge in [-0.2, -0.15) is 0 Å². The quantitative estimate of drug-likeness (QED) is 0.470. The van der Waals surface area contributed by atoms with Crippen LogP contribution in [-0.2, 0) is 0 Å². The summed E-state index contributed by atoms with van der Waals surface area (Å²) in [5.74, 6) is 3.42. The minimum absolute atomic E-state index is 0.510. The van der Waals surface area contributed by atoms with E-state index in [1.54, 1.807) is 0 Å². The Morgan fingerprint density at radius 1 is 0.812 bits per heavy atom. The highest BCUT2D eigenvalue weighted by Crippen LogP contribution is 2.42. The molecule has 0 atom stereocenters. The zero-order valence-electron chi connectivity index (χ0n) is 10.7. The lowest BCUT2D eigenvalue weighted by atomic mass is 9.65. The molecular formula is C15H25B. The Morgan fingerprint density at radius 2 is 1.31 bits per heavy atom. The van der Waals surface area contributed by atoms with Crippen LogP contribution in [0.3, 0.4) is 0 Å². The van der Waals surface area contributed by atoms with Crippen molar-refractivity contribution in [2.75, 3.05) is 0 Å². The van der Waals surface area contributed by atoms with Crippen LogP contribution in [0.15, 0.2) is 12.2 Å². The Labute approximate surface area is 102 Å². The van der Waals surface area contributed by atoms with Crippen LogP contribution in [0, 0.1) is 17.8 Å². The fourth-order valence-electron chi connectivity index (χ4n) is 3.70. The van der Waals surface area contributed by atoms with Crippen LogP contribution in [0.5, 0.6) is 0 Å². The molecule has 16 heavy (non-hydrogen) atoms. The average Bonchev–Trinajstić information content (AvgIpc) is 2.32.